The van der Waals surface area contributed by atoms with Crippen molar-refractivity contribution in [3.8, 4) is 28.0 Å². The highest BCUT2D eigenvalue weighted by Gasteiger charge is 2.24. The highest BCUT2D eigenvalue weighted by atomic mass is 35.5. The fourth-order valence-corrected chi connectivity index (χ4v) is 6.72. The molecule has 5 nitrogen and oxygen atoms in total. The van der Waals surface area contributed by atoms with Gasteiger partial charge in [-0.15, -0.1) is 0 Å². The molecule has 0 spiro atoms. The van der Waals surface area contributed by atoms with Crippen molar-refractivity contribution >= 4 is 17.6 Å². The Morgan fingerprint density at radius 2 is 1.71 bits per heavy atom. The van der Waals surface area contributed by atoms with Crippen LogP contribution in [0, 0.1) is 20.8 Å². The highest BCUT2D eigenvalue weighted by Crippen LogP contribution is 2.41. The molecular formula is C35H35ClN2O3. The number of benzene rings is 3. The number of aliphatic carboxylic acids is 1. The van der Waals surface area contributed by atoms with Gasteiger partial charge in [-0.25, -0.2) is 0 Å². The van der Waals surface area contributed by atoms with Gasteiger partial charge in [0.15, 0.2) is 0 Å². The number of halogens is 1. The molecule has 6 heteroatoms. The fourth-order valence-electron chi connectivity index (χ4n) is 6.44. The van der Waals surface area contributed by atoms with E-state index in [2.05, 4.69) is 48.2 Å². The smallest absolute Gasteiger partial charge is 0.307 e. The van der Waals surface area contributed by atoms with Crippen molar-refractivity contribution < 1.29 is 14.6 Å². The molecule has 0 amide bonds. The monoisotopic (exact) mass is 566 g/mol. The van der Waals surface area contributed by atoms with Gasteiger partial charge in [-0.2, -0.15) is 0 Å². The first kappa shape index (κ1) is 27.5. The average Bonchev–Trinajstić information content (AvgIpc) is 2.95. The Kier molecular flexibility index (Phi) is 7.58. The molecule has 0 bridgehead atoms. The summed E-state index contributed by atoms with van der Waals surface area (Å²) in [7, 11) is 0. The molecule has 2 aliphatic heterocycles. The summed E-state index contributed by atoms with van der Waals surface area (Å²) in [5.41, 5.74) is 12.8. The molecule has 0 unspecified atom stereocenters. The molecule has 3 aromatic carbocycles. The lowest BCUT2D eigenvalue weighted by molar-refractivity contribution is -0.136. The Hall–Kier alpha value is -3.67. The number of hydrogen-bond acceptors (Lipinski definition) is 4. The fraction of sp³-hybridized carbons (Fsp3) is 0.314. The second-order valence-corrected chi connectivity index (χ2v) is 11.7. The molecule has 6 rings (SSSR count). The molecule has 1 aromatic heterocycles. The van der Waals surface area contributed by atoms with Crippen molar-refractivity contribution in [2.75, 3.05) is 13.2 Å². The zero-order valence-corrected chi connectivity index (χ0v) is 24.6. The van der Waals surface area contributed by atoms with Crippen LogP contribution in [0.15, 0.2) is 54.6 Å². The van der Waals surface area contributed by atoms with Gasteiger partial charge in [0.05, 0.1) is 13.0 Å². The summed E-state index contributed by atoms with van der Waals surface area (Å²) < 4.78 is 5.88. The number of carboxylic acid groups (broad SMARTS) is 1. The lowest BCUT2D eigenvalue weighted by Gasteiger charge is -2.30. The molecule has 0 aliphatic carbocycles. The minimum atomic E-state index is -0.855. The second kappa shape index (κ2) is 11.3. The van der Waals surface area contributed by atoms with Gasteiger partial charge < -0.3 is 9.84 Å². The minimum absolute atomic E-state index is 0.0730. The number of hydrogen-bond donors (Lipinski definition) is 1. The maximum absolute atomic E-state index is 12.0. The van der Waals surface area contributed by atoms with Gasteiger partial charge in [0, 0.05) is 41.6 Å². The van der Waals surface area contributed by atoms with Crippen molar-refractivity contribution in [2.24, 2.45) is 0 Å². The molecular weight excluding hydrogens is 532 g/mol. The highest BCUT2D eigenvalue weighted by molar-refractivity contribution is 6.31. The van der Waals surface area contributed by atoms with Gasteiger partial charge >= 0.3 is 5.97 Å². The minimum Gasteiger partial charge on any atom is -0.493 e. The number of fused-ring (bicyclic) bond motifs is 2. The van der Waals surface area contributed by atoms with Crippen LogP contribution in [0.5, 0.6) is 5.75 Å². The van der Waals surface area contributed by atoms with Crippen LogP contribution in [-0.2, 0) is 37.1 Å². The second-order valence-electron chi connectivity index (χ2n) is 11.3. The maximum atomic E-state index is 12.0. The van der Waals surface area contributed by atoms with Crippen LogP contribution in [0.4, 0.5) is 0 Å². The maximum Gasteiger partial charge on any atom is 0.307 e. The van der Waals surface area contributed by atoms with Gasteiger partial charge in [0.1, 0.15) is 5.75 Å². The van der Waals surface area contributed by atoms with E-state index in [1.54, 1.807) is 0 Å². The third kappa shape index (κ3) is 5.49. The number of nitrogens with zero attached hydrogens (tertiary/aromatic N) is 2. The predicted octanol–water partition coefficient (Wildman–Crippen LogP) is 7.50. The molecule has 41 heavy (non-hydrogen) atoms. The zero-order valence-electron chi connectivity index (χ0n) is 23.9. The molecule has 0 radical (unpaired) electrons. The van der Waals surface area contributed by atoms with Crippen LogP contribution in [0.25, 0.3) is 22.3 Å². The average molecular weight is 567 g/mol. The SMILES string of the molecule is Cc1cccc(Cl)c1CN1CCc2cc(-c3c(C)nc(C)c(CC(=O)O)c3-c3ccc4c(c3)CCCO4)ccc2C1. The molecule has 0 saturated heterocycles. The van der Waals surface area contributed by atoms with E-state index in [4.69, 9.17) is 21.3 Å². The number of carbonyl (C=O) groups is 1. The Morgan fingerprint density at radius 1 is 0.927 bits per heavy atom. The first-order chi connectivity index (χ1) is 19.8. The summed E-state index contributed by atoms with van der Waals surface area (Å²) >= 11 is 6.54. The van der Waals surface area contributed by atoms with Gasteiger partial charge in [0.25, 0.3) is 0 Å². The molecule has 1 N–H and O–H groups in total. The Bertz CT molecular complexity index is 1640. The van der Waals surface area contributed by atoms with Gasteiger partial charge in [-0.05, 0) is 108 Å². The van der Waals surface area contributed by atoms with Crippen molar-refractivity contribution in [3.63, 3.8) is 0 Å². The summed E-state index contributed by atoms with van der Waals surface area (Å²) in [6.07, 6.45) is 2.81. The molecule has 4 aromatic rings. The quantitative estimate of drug-likeness (QED) is 0.262. The topological polar surface area (TPSA) is 62.7 Å². The van der Waals surface area contributed by atoms with Crippen LogP contribution in [-0.4, -0.2) is 34.1 Å². The summed E-state index contributed by atoms with van der Waals surface area (Å²) in [5, 5.41) is 10.7. The summed E-state index contributed by atoms with van der Waals surface area (Å²) in [5.74, 6) is 0.0701. The largest absolute Gasteiger partial charge is 0.493 e. The van der Waals surface area contributed by atoms with E-state index >= 15 is 0 Å². The van der Waals surface area contributed by atoms with E-state index in [0.717, 1.165) is 95.5 Å². The third-order valence-corrected chi connectivity index (χ3v) is 8.89. The Balaban J connectivity index is 1.40. The van der Waals surface area contributed by atoms with Crippen LogP contribution >= 0.6 is 11.6 Å². The van der Waals surface area contributed by atoms with Crippen molar-refractivity contribution in [2.45, 2.75) is 59.5 Å². The molecule has 0 atom stereocenters. The molecule has 2 aliphatic rings. The first-order valence-corrected chi connectivity index (χ1v) is 14.7. The zero-order chi connectivity index (χ0) is 28.7. The Morgan fingerprint density at radius 3 is 2.51 bits per heavy atom. The molecule has 0 saturated carbocycles. The Labute approximate surface area is 246 Å². The van der Waals surface area contributed by atoms with E-state index in [1.165, 1.54) is 27.8 Å². The van der Waals surface area contributed by atoms with E-state index in [1.807, 2.05) is 32.0 Å². The van der Waals surface area contributed by atoms with Crippen LogP contribution in [0.3, 0.4) is 0 Å². The predicted molar refractivity (Wildman–Crippen MR) is 164 cm³/mol. The lowest BCUT2D eigenvalue weighted by atomic mass is 9.85. The number of rotatable bonds is 6. The van der Waals surface area contributed by atoms with Crippen LogP contribution in [0.1, 0.15) is 51.2 Å². The van der Waals surface area contributed by atoms with Gasteiger partial charge in [-0.3, -0.25) is 14.7 Å². The van der Waals surface area contributed by atoms with Crippen LogP contribution < -0.4 is 4.74 Å². The number of carboxylic acids is 1. The normalized spacial score (nSPS) is 14.7. The standard InChI is InChI=1S/C35H35ClN2O3/c1-21-6-4-8-31(36)30(21)20-38-14-13-24-16-26(9-10-28(24)19-38)34-23(3)37-22(2)29(18-33(39)40)35(34)27-11-12-32-25(17-27)7-5-15-41-32/h4,6,8-12,16-17H,5,7,13-15,18-20H2,1-3H3,(H,39,40). The van der Waals surface area contributed by atoms with E-state index in [-0.39, 0.29) is 6.42 Å². The molecule has 0 fully saturated rings. The molecule has 3 heterocycles. The number of aryl methyl sites for hydroxylation is 4. The van der Waals surface area contributed by atoms with Crippen LogP contribution in [0.2, 0.25) is 5.02 Å². The van der Waals surface area contributed by atoms with Crippen molar-refractivity contribution in [1.29, 1.82) is 0 Å². The number of aromatic nitrogens is 1. The number of pyridine rings is 1. The van der Waals surface area contributed by atoms with Crippen molar-refractivity contribution in [3.05, 3.63) is 104 Å². The first-order valence-electron chi connectivity index (χ1n) is 14.3. The summed E-state index contributed by atoms with van der Waals surface area (Å²) in [6, 6.07) is 19.1. The third-order valence-electron chi connectivity index (χ3n) is 8.53. The van der Waals surface area contributed by atoms with E-state index in [9.17, 15) is 9.90 Å². The lowest BCUT2D eigenvalue weighted by Crippen LogP contribution is -2.30. The molecule has 210 valence electrons. The van der Waals surface area contributed by atoms with Gasteiger partial charge in [-0.1, -0.05) is 48.0 Å². The van der Waals surface area contributed by atoms with Crippen molar-refractivity contribution in [1.82, 2.24) is 9.88 Å². The van der Waals surface area contributed by atoms with Gasteiger partial charge in [0.2, 0.25) is 0 Å². The van der Waals surface area contributed by atoms with E-state index < -0.39 is 5.97 Å². The summed E-state index contributed by atoms with van der Waals surface area (Å²) in [6.45, 7) is 9.46. The number of ether oxygens (including phenoxy) is 1. The summed E-state index contributed by atoms with van der Waals surface area (Å²) in [4.78, 5) is 19.3. The van der Waals surface area contributed by atoms with E-state index in [0.29, 0.717) is 0 Å².